The van der Waals surface area contributed by atoms with Gasteiger partial charge in [0.25, 0.3) is 0 Å². The molecule has 2 N–H and O–H groups in total. The van der Waals surface area contributed by atoms with Crippen molar-refractivity contribution < 1.29 is 13.5 Å². The maximum Gasteiger partial charge on any atom is 0.243 e. The average molecular weight is 338 g/mol. The molecule has 0 radical (unpaired) electrons. The molecule has 128 valence electrons. The van der Waals surface area contributed by atoms with Gasteiger partial charge in [-0.05, 0) is 42.7 Å². The molecule has 0 aromatic heterocycles. The van der Waals surface area contributed by atoms with Gasteiger partial charge in [-0.2, -0.15) is 4.31 Å². The Kier molecular flexibility index (Phi) is 4.78. The quantitative estimate of drug-likeness (QED) is 0.794. The molecular formula is C17H26N2O3S. The number of aliphatic hydroxyl groups excluding tert-OH is 1. The maximum atomic E-state index is 12.7. The van der Waals surface area contributed by atoms with E-state index >= 15 is 0 Å². The highest BCUT2D eigenvalue weighted by atomic mass is 32.2. The van der Waals surface area contributed by atoms with E-state index in [1.807, 2.05) is 12.1 Å². The van der Waals surface area contributed by atoms with E-state index in [4.69, 9.17) is 5.11 Å². The van der Waals surface area contributed by atoms with Crippen LogP contribution in [0.2, 0.25) is 0 Å². The summed E-state index contributed by atoms with van der Waals surface area (Å²) in [5.41, 5.74) is 1.31. The number of nitrogens with zero attached hydrogens (tertiary/aromatic N) is 1. The van der Waals surface area contributed by atoms with Crippen molar-refractivity contribution >= 4 is 10.0 Å². The van der Waals surface area contributed by atoms with E-state index in [2.05, 4.69) is 5.32 Å². The lowest BCUT2D eigenvalue weighted by Gasteiger charge is -2.56. The van der Waals surface area contributed by atoms with E-state index in [1.165, 1.54) is 43.5 Å². The summed E-state index contributed by atoms with van der Waals surface area (Å²) in [6.07, 6.45) is 6.45. The molecule has 1 aromatic rings. The maximum absolute atomic E-state index is 12.7. The lowest BCUT2D eigenvalue weighted by atomic mass is 9.53. The van der Waals surface area contributed by atoms with Crippen LogP contribution >= 0.6 is 0 Å². The van der Waals surface area contributed by atoms with Crippen LogP contribution in [-0.4, -0.2) is 44.1 Å². The van der Waals surface area contributed by atoms with Gasteiger partial charge in [0.15, 0.2) is 0 Å². The summed E-state index contributed by atoms with van der Waals surface area (Å²) in [4.78, 5) is 0.338. The van der Waals surface area contributed by atoms with E-state index in [-0.39, 0.29) is 13.2 Å². The molecule has 0 heterocycles. The minimum absolute atomic E-state index is 0.107. The Morgan fingerprint density at radius 2 is 2.04 bits per heavy atom. The molecule has 23 heavy (non-hydrogen) atoms. The molecule has 2 aliphatic rings. The van der Waals surface area contributed by atoms with Crippen molar-refractivity contribution in [3.05, 3.63) is 29.8 Å². The number of hydrogen-bond donors (Lipinski definition) is 2. The summed E-state index contributed by atoms with van der Waals surface area (Å²) < 4.78 is 26.5. The Hall–Kier alpha value is -0.950. The number of rotatable bonds is 7. The first-order valence-electron chi connectivity index (χ1n) is 8.38. The summed E-state index contributed by atoms with van der Waals surface area (Å²) in [6, 6.07) is 7.68. The zero-order valence-electron chi connectivity index (χ0n) is 13.7. The molecule has 0 aliphatic heterocycles. The predicted molar refractivity (Wildman–Crippen MR) is 89.5 cm³/mol. The minimum Gasteiger partial charge on any atom is -0.395 e. The number of likely N-dealkylation sites (N-methyl/N-ethyl adjacent to an activating group) is 1. The Morgan fingerprint density at radius 1 is 1.30 bits per heavy atom. The van der Waals surface area contributed by atoms with Gasteiger partial charge in [0.1, 0.15) is 0 Å². The van der Waals surface area contributed by atoms with Crippen LogP contribution in [0.5, 0.6) is 0 Å². The van der Waals surface area contributed by atoms with Crippen molar-refractivity contribution in [2.75, 3.05) is 20.2 Å². The van der Waals surface area contributed by atoms with Crippen LogP contribution in [0, 0.1) is 5.41 Å². The van der Waals surface area contributed by atoms with Crippen molar-refractivity contribution in [3.8, 4) is 0 Å². The van der Waals surface area contributed by atoms with Gasteiger partial charge in [-0.3, -0.25) is 0 Å². The Morgan fingerprint density at radius 3 is 2.61 bits per heavy atom. The Labute approximate surface area is 138 Å². The summed E-state index contributed by atoms with van der Waals surface area (Å²) >= 11 is 0. The molecule has 1 spiro atoms. The number of nitrogens with one attached hydrogen (secondary N) is 1. The zero-order chi connectivity index (χ0) is 16.5. The molecule has 2 saturated carbocycles. The smallest absolute Gasteiger partial charge is 0.243 e. The molecule has 1 aromatic carbocycles. The number of benzene rings is 1. The Bertz CT molecular complexity index is 650. The number of hydrogen-bond acceptors (Lipinski definition) is 4. The fourth-order valence-corrected chi connectivity index (χ4v) is 5.19. The largest absolute Gasteiger partial charge is 0.395 e. The lowest BCUT2D eigenvalue weighted by Crippen LogP contribution is -2.56. The molecule has 1 unspecified atom stereocenters. The van der Waals surface area contributed by atoms with Gasteiger partial charge in [0.05, 0.1) is 11.5 Å². The van der Waals surface area contributed by atoms with E-state index in [0.29, 0.717) is 22.9 Å². The normalized spacial score (nSPS) is 22.8. The second-order valence-corrected chi connectivity index (χ2v) is 8.86. The second kappa shape index (κ2) is 6.51. The van der Waals surface area contributed by atoms with Gasteiger partial charge < -0.3 is 10.4 Å². The molecule has 1 atom stereocenters. The molecule has 5 nitrogen and oxygen atoms in total. The standard InChI is InChI=1S/C17H26N2O3S/c1-19(11-12-20)23(21,22)15-6-3-2-5-14(15)13-18-16-7-10-17(16)8-4-9-17/h2-3,5-6,16,18,20H,4,7-13H2,1H3. The fraction of sp³-hybridized carbons (Fsp3) is 0.647. The molecule has 6 heteroatoms. The highest BCUT2D eigenvalue weighted by molar-refractivity contribution is 7.89. The monoisotopic (exact) mass is 338 g/mol. The van der Waals surface area contributed by atoms with Crippen LogP contribution in [0.4, 0.5) is 0 Å². The average Bonchev–Trinajstić information content (AvgIpc) is 2.45. The molecule has 0 amide bonds. The Balaban J connectivity index is 1.73. The third-order valence-electron chi connectivity index (χ3n) is 5.63. The third kappa shape index (κ3) is 3.05. The van der Waals surface area contributed by atoms with Crippen LogP contribution in [0.25, 0.3) is 0 Å². The van der Waals surface area contributed by atoms with Crippen LogP contribution < -0.4 is 5.32 Å². The van der Waals surface area contributed by atoms with Gasteiger partial charge in [-0.1, -0.05) is 24.6 Å². The van der Waals surface area contributed by atoms with Gasteiger partial charge in [0.2, 0.25) is 10.0 Å². The molecular weight excluding hydrogens is 312 g/mol. The van der Waals surface area contributed by atoms with Crippen molar-refractivity contribution in [1.29, 1.82) is 0 Å². The van der Waals surface area contributed by atoms with Crippen molar-refractivity contribution in [1.82, 2.24) is 9.62 Å². The van der Waals surface area contributed by atoms with E-state index < -0.39 is 10.0 Å². The van der Waals surface area contributed by atoms with Crippen LogP contribution in [-0.2, 0) is 16.6 Å². The second-order valence-electron chi connectivity index (χ2n) is 6.85. The third-order valence-corrected chi connectivity index (χ3v) is 7.59. The van der Waals surface area contributed by atoms with Crippen LogP contribution in [0.1, 0.15) is 37.7 Å². The first-order chi connectivity index (χ1) is 11.0. The van der Waals surface area contributed by atoms with E-state index in [1.54, 1.807) is 12.1 Å². The minimum atomic E-state index is -3.56. The molecule has 2 fully saturated rings. The van der Waals surface area contributed by atoms with Gasteiger partial charge in [-0.15, -0.1) is 0 Å². The summed E-state index contributed by atoms with van der Waals surface area (Å²) in [7, 11) is -2.05. The first kappa shape index (κ1) is 16.9. The molecule has 2 aliphatic carbocycles. The fourth-order valence-electron chi connectivity index (χ4n) is 3.81. The number of sulfonamides is 1. The topological polar surface area (TPSA) is 69.6 Å². The van der Waals surface area contributed by atoms with E-state index in [9.17, 15) is 8.42 Å². The van der Waals surface area contributed by atoms with Crippen molar-refractivity contribution in [2.45, 2.75) is 49.6 Å². The highest BCUT2D eigenvalue weighted by Crippen LogP contribution is 2.55. The van der Waals surface area contributed by atoms with Gasteiger partial charge in [0, 0.05) is 26.2 Å². The SMILES string of the molecule is CN(CCO)S(=O)(=O)c1ccccc1CNC1CCC12CCC2. The summed E-state index contributed by atoms with van der Waals surface area (Å²) in [6.45, 7) is 0.505. The first-order valence-corrected chi connectivity index (χ1v) is 9.82. The summed E-state index contributed by atoms with van der Waals surface area (Å²) in [5, 5.41) is 12.6. The molecule has 0 saturated heterocycles. The van der Waals surface area contributed by atoms with Crippen molar-refractivity contribution in [3.63, 3.8) is 0 Å². The molecule has 3 rings (SSSR count). The lowest BCUT2D eigenvalue weighted by molar-refractivity contribution is -0.0182. The van der Waals surface area contributed by atoms with Crippen LogP contribution in [0.3, 0.4) is 0 Å². The number of aliphatic hydroxyl groups is 1. The van der Waals surface area contributed by atoms with Crippen LogP contribution in [0.15, 0.2) is 29.2 Å². The summed E-state index contributed by atoms with van der Waals surface area (Å²) in [5.74, 6) is 0. The van der Waals surface area contributed by atoms with Crippen molar-refractivity contribution in [2.24, 2.45) is 5.41 Å². The predicted octanol–water partition coefficient (Wildman–Crippen LogP) is 1.72. The highest BCUT2D eigenvalue weighted by Gasteiger charge is 2.50. The molecule has 0 bridgehead atoms. The van der Waals surface area contributed by atoms with Gasteiger partial charge in [-0.25, -0.2) is 8.42 Å². The zero-order valence-corrected chi connectivity index (χ0v) is 14.5. The van der Waals surface area contributed by atoms with Gasteiger partial charge >= 0.3 is 0 Å². The van der Waals surface area contributed by atoms with E-state index in [0.717, 1.165) is 5.56 Å².